The molecule has 1 aliphatic rings. The van der Waals surface area contributed by atoms with Gasteiger partial charge in [-0.3, -0.25) is 4.79 Å². The molecular weight excluding hydrogens is 216 g/mol. The van der Waals surface area contributed by atoms with Crippen LogP contribution in [-0.2, 0) is 4.79 Å². The number of nitrogens with one attached hydrogen (secondary N) is 1. The van der Waals surface area contributed by atoms with Gasteiger partial charge in [-0.25, -0.2) is 4.98 Å². The number of pyridine rings is 1. The molecule has 1 aromatic carbocycles. The number of aromatic nitrogens is 1. The number of nitrogens with zero attached hydrogens (tertiary/aromatic N) is 1. The molecule has 17 heavy (non-hydrogen) atoms. The van der Waals surface area contributed by atoms with Crippen molar-refractivity contribution in [1.29, 1.82) is 0 Å². The molecule has 0 spiro atoms. The van der Waals surface area contributed by atoms with E-state index in [1.807, 2.05) is 18.2 Å². The van der Waals surface area contributed by atoms with Crippen molar-refractivity contribution in [3.05, 3.63) is 30.3 Å². The highest BCUT2D eigenvalue weighted by Gasteiger charge is 2.36. The molecule has 0 aliphatic carbocycles. The van der Waals surface area contributed by atoms with E-state index in [-0.39, 0.29) is 5.91 Å². The summed E-state index contributed by atoms with van der Waals surface area (Å²) in [5, 5.41) is 3.72. The van der Waals surface area contributed by atoms with Crippen molar-refractivity contribution in [2.75, 3.05) is 5.32 Å². The summed E-state index contributed by atoms with van der Waals surface area (Å²) < 4.78 is 5.65. The van der Waals surface area contributed by atoms with Crippen LogP contribution < -0.4 is 10.1 Å². The second-order valence-electron chi connectivity index (χ2n) is 4.52. The van der Waals surface area contributed by atoms with Crippen molar-refractivity contribution in [3.63, 3.8) is 0 Å². The molecule has 0 saturated heterocycles. The minimum atomic E-state index is -0.858. The quantitative estimate of drug-likeness (QED) is 0.750. The smallest absolute Gasteiger partial charge is 0.269 e. The van der Waals surface area contributed by atoms with Gasteiger partial charge >= 0.3 is 0 Å². The van der Waals surface area contributed by atoms with E-state index in [1.165, 1.54) is 0 Å². The lowest BCUT2D eigenvalue weighted by atomic mass is 10.1. The highest BCUT2D eigenvalue weighted by atomic mass is 16.5. The van der Waals surface area contributed by atoms with Gasteiger partial charge in [0.05, 0.1) is 5.52 Å². The number of carbonyl (C=O) groups excluding carboxylic acids is 1. The largest absolute Gasteiger partial charge is 0.474 e. The Bertz CT molecular complexity index is 620. The van der Waals surface area contributed by atoms with Gasteiger partial charge < -0.3 is 10.1 Å². The number of carbonyl (C=O) groups is 1. The first-order valence-corrected chi connectivity index (χ1v) is 5.37. The topological polar surface area (TPSA) is 51.2 Å². The molecule has 0 atom stereocenters. The Labute approximate surface area is 98.6 Å². The highest BCUT2D eigenvalue weighted by Crippen LogP contribution is 2.34. The summed E-state index contributed by atoms with van der Waals surface area (Å²) in [5.41, 5.74) is -0.0710. The first-order valence-electron chi connectivity index (χ1n) is 5.37. The van der Waals surface area contributed by atoms with Crippen LogP contribution >= 0.6 is 0 Å². The van der Waals surface area contributed by atoms with Gasteiger partial charge in [0, 0.05) is 5.39 Å². The van der Waals surface area contributed by atoms with Gasteiger partial charge in [-0.1, -0.05) is 12.1 Å². The summed E-state index contributed by atoms with van der Waals surface area (Å²) in [6.07, 6.45) is 0. The molecule has 0 saturated carbocycles. The van der Waals surface area contributed by atoms with E-state index in [9.17, 15) is 4.79 Å². The average Bonchev–Trinajstić information content (AvgIpc) is 2.28. The van der Waals surface area contributed by atoms with Gasteiger partial charge in [0.25, 0.3) is 5.91 Å². The van der Waals surface area contributed by atoms with Crippen LogP contribution in [0.15, 0.2) is 24.3 Å². The standard InChI is InChI=1S/C13H11N2O2/c1-13(2)12(16)15-11-10(17-13)7-8-5-3-4-6-9(8)14-11/h3,5-7H,1-2H3,(H,14,15,16). The molecule has 4 heteroatoms. The van der Waals surface area contributed by atoms with Crippen LogP contribution in [-0.4, -0.2) is 16.5 Å². The minimum Gasteiger partial charge on any atom is -0.474 e. The maximum absolute atomic E-state index is 11.7. The number of fused-ring (bicyclic) bond motifs is 2. The summed E-state index contributed by atoms with van der Waals surface area (Å²) in [6, 6.07) is 10.3. The first kappa shape index (κ1) is 10.1. The van der Waals surface area contributed by atoms with Gasteiger partial charge in [0.1, 0.15) is 0 Å². The van der Waals surface area contributed by atoms with Crippen LogP contribution in [0.3, 0.4) is 0 Å². The fraction of sp³-hybridized carbons (Fsp3) is 0.231. The molecule has 1 amide bonds. The Morgan fingerprint density at radius 3 is 3.12 bits per heavy atom. The number of rotatable bonds is 0. The number of ether oxygens (including phenoxy) is 1. The third-order valence-corrected chi connectivity index (χ3v) is 2.77. The maximum atomic E-state index is 11.7. The zero-order chi connectivity index (χ0) is 12.0. The Morgan fingerprint density at radius 2 is 2.29 bits per heavy atom. The van der Waals surface area contributed by atoms with Crippen LogP contribution in [0.5, 0.6) is 5.75 Å². The normalized spacial score (nSPS) is 17.2. The molecular formula is C13H11N2O2. The van der Waals surface area contributed by atoms with E-state index < -0.39 is 5.60 Å². The Balaban J connectivity index is 2.20. The number of hydrogen-bond acceptors (Lipinski definition) is 3. The third-order valence-electron chi connectivity index (χ3n) is 2.77. The lowest BCUT2D eigenvalue weighted by Crippen LogP contribution is -2.45. The lowest BCUT2D eigenvalue weighted by Gasteiger charge is -2.30. The minimum absolute atomic E-state index is 0.184. The zero-order valence-corrected chi connectivity index (χ0v) is 9.57. The maximum Gasteiger partial charge on any atom is 0.269 e. The molecule has 2 heterocycles. The molecule has 3 rings (SSSR count). The SMILES string of the molecule is CC1(C)Oc2cc3cc[c]cc3nc2NC1=O. The number of benzene rings is 1. The summed E-state index contributed by atoms with van der Waals surface area (Å²) >= 11 is 0. The lowest BCUT2D eigenvalue weighted by molar-refractivity contribution is -0.129. The molecule has 85 valence electrons. The number of anilines is 1. The van der Waals surface area contributed by atoms with Crippen LogP contribution in [0.2, 0.25) is 0 Å². The van der Waals surface area contributed by atoms with E-state index in [2.05, 4.69) is 16.4 Å². The van der Waals surface area contributed by atoms with Gasteiger partial charge in [0.15, 0.2) is 17.2 Å². The predicted molar refractivity (Wildman–Crippen MR) is 63.9 cm³/mol. The van der Waals surface area contributed by atoms with Gasteiger partial charge in [0.2, 0.25) is 0 Å². The van der Waals surface area contributed by atoms with Crippen LogP contribution in [0.4, 0.5) is 5.82 Å². The highest BCUT2D eigenvalue weighted by molar-refractivity contribution is 6.00. The van der Waals surface area contributed by atoms with E-state index in [0.29, 0.717) is 11.6 Å². The molecule has 2 aromatic rings. The fourth-order valence-electron chi connectivity index (χ4n) is 1.78. The molecule has 1 N–H and O–H groups in total. The second kappa shape index (κ2) is 3.20. The van der Waals surface area contributed by atoms with Crippen molar-refractivity contribution in [3.8, 4) is 5.75 Å². The van der Waals surface area contributed by atoms with Crippen molar-refractivity contribution in [2.45, 2.75) is 19.4 Å². The summed E-state index contributed by atoms with van der Waals surface area (Å²) in [7, 11) is 0. The molecule has 1 aromatic heterocycles. The van der Waals surface area contributed by atoms with Crippen LogP contribution in [0.25, 0.3) is 10.9 Å². The molecule has 0 fully saturated rings. The van der Waals surface area contributed by atoms with Crippen molar-refractivity contribution >= 4 is 22.6 Å². The van der Waals surface area contributed by atoms with Crippen molar-refractivity contribution < 1.29 is 9.53 Å². The van der Waals surface area contributed by atoms with Gasteiger partial charge in [-0.2, -0.15) is 0 Å². The Morgan fingerprint density at radius 1 is 1.47 bits per heavy atom. The number of amides is 1. The zero-order valence-electron chi connectivity index (χ0n) is 9.57. The van der Waals surface area contributed by atoms with Gasteiger partial charge in [-0.05, 0) is 32.0 Å². The second-order valence-corrected chi connectivity index (χ2v) is 4.52. The number of hydrogen-bond donors (Lipinski definition) is 1. The summed E-state index contributed by atoms with van der Waals surface area (Å²) in [5.74, 6) is 0.895. The van der Waals surface area contributed by atoms with Crippen molar-refractivity contribution in [1.82, 2.24) is 4.98 Å². The molecule has 0 bridgehead atoms. The van der Waals surface area contributed by atoms with Crippen molar-refractivity contribution in [2.24, 2.45) is 0 Å². The van der Waals surface area contributed by atoms with Gasteiger partial charge in [-0.15, -0.1) is 0 Å². The molecule has 1 aliphatic heterocycles. The Hall–Kier alpha value is -2.10. The Kier molecular flexibility index (Phi) is 1.90. The average molecular weight is 227 g/mol. The third kappa shape index (κ3) is 1.53. The van der Waals surface area contributed by atoms with E-state index in [1.54, 1.807) is 19.9 Å². The van der Waals surface area contributed by atoms with E-state index >= 15 is 0 Å². The summed E-state index contributed by atoms with van der Waals surface area (Å²) in [4.78, 5) is 16.1. The van der Waals surface area contributed by atoms with Crippen LogP contribution in [0, 0.1) is 6.07 Å². The van der Waals surface area contributed by atoms with E-state index in [4.69, 9.17) is 4.74 Å². The fourth-order valence-corrected chi connectivity index (χ4v) is 1.78. The molecule has 1 radical (unpaired) electrons. The first-order chi connectivity index (χ1) is 8.06. The van der Waals surface area contributed by atoms with E-state index in [0.717, 1.165) is 10.9 Å². The monoisotopic (exact) mass is 227 g/mol. The van der Waals surface area contributed by atoms with Crippen LogP contribution in [0.1, 0.15) is 13.8 Å². The summed E-state index contributed by atoms with van der Waals surface area (Å²) in [6.45, 7) is 3.46. The molecule has 0 unspecified atom stereocenters. The molecule has 4 nitrogen and oxygen atoms in total. The predicted octanol–water partition coefficient (Wildman–Crippen LogP) is 2.14.